The van der Waals surface area contributed by atoms with Crippen LogP contribution >= 0.6 is 11.8 Å². The zero-order valence-electron chi connectivity index (χ0n) is 25.6. The molecule has 1 saturated heterocycles. The second-order valence-electron chi connectivity index (χ2n) is 11.4. The van der Waals surface area contributed by atoms with Gasteiger partial charge in [0, 0.05) is 49.9 Å². The van der Waals surface area contributed by atoms with Crippen molar-refractivity contribution >= 4 is 28.4 Å². The van der Waals surface area contributed by atoms with E-state index in [1.54, 1.807) is 16.9 Å². The largest absolute Gasteiger partial charge is 0.420 e. The average molecular weight is 618 g/mol. The summed E-state index contributed by atoms with van der Waals surface area (Å²) >= 11 is 1.40. The summed E-state index contributed by atoms with van der Waals surface area (Å²) in [7, 11) is 5.93. The molecule has 0 radical (unpaired) electrons. The van der Waals surface area contributed by atoms with Crippen molar-refractivity contribution in [2.75, 3.05) is 52.2 Å². The number of anilines is 1. The van der Waals surface area contributed by atoms with Crippen LogP contribution in [0.5, 0.6) is 0 Å². The van der Waals surface area contributed by atoms with Crippen molar-refractivity contribution in [1.29, 1.82) is 0 Å². The second-order valence-corrected chi connectivity index (χ2v) is 12.3. The summed E-state index contributed by atoms with van der Waals surface area (Å²) in [6.45, 7) is 8.25. The Morgan fingerprint density at radius 2 is 1.89 bits per heavy atom. The summed E-state index contributed by atoms with van der Waals surface area (Å²) in [6.07, 6.45) is 1.78. The molecule has 11 nitrogen and oxygen atoms in total. The molecular formula is C31H36FN9O2S. The van der Waals surface area contributed by atoms with E-state index in [2.05, 4.69) is 22.1 Å². The van der Waals surface area contributed by atoms with Crippen molar-refractivity contribution in [1.82, 2.24) is 39.3 Å². The summed E-state index contributed by atoms with van der Waals surface area (Å²) in [5.41, 5.74) is 3.22. The van der Waals surface area contributed by atoms with Crippen LogP contribution in [0.4, 0.5) is 10.1 Å². The lowest BCUT2D eigenvalue weighted by Gasteiger charge is -2.34. The number of piperazine rings is 1. The van der Waals surface area contributed by atoms with Gasteiger partial charge in [0.15, 0.2) is 11.0 Å². The van der Waals surface area contributed by atoms with Gasteiger partial charge < -0.3 is 18.8 Å². The molecule has 3 aromatic heterocycles. The topological polar surface area (TPSA) is 101 Å². The molecule has 13 heteroatoms. The van der Waals surface area contributed by atoms with Crippen LogP contribution in [0.2, 0.25) is 0 Å². The first-order chi connectivity index (χ1) is 21.2. The number of thioether (sulfide) groups is 1. The van der Waals surface area contributed by atoms with Crippen LogP contribution in [-0.4, -0.2) is 86.7 Å². The number of rotatable bonds is 9. The van der Waals surface area contributed by atoms with Gasteiger partial charge >= 0.3 is 0 Å². The van der Waals surface area contributed by atoms with Gasteiger partial charge in [-0.05, 0) is 59.3 Å². The summed E-state index contributed by atoms with van der Waals surface area (Å²) in [6, 6.07) is 11.1. The predicted molar refractivity (Wildman–Crippen MR) is 170 cm³/mol. The van der Waals surface area contributed by atoms with Gasteiger partial charge in [0.25, 0.3) is 0 Å². The Hall–Kier alpha value is -4.07. The van der Waals surface area contributed by atoms with Crippen molar-refractivity contribution < 1.29 is 8.81 Å². The monoisotopic (exact) mass is 617 g/mol. The molecule has 230 valence electrons. The fourth-order valence-electron chi connectivity index (χ4n) is 5.35. The fraction of sp³-hybridized carbons (Fsp3) is 0.387. The molecule has 6 rings (SSSR count). The molecule has 44 heavy (non-hydrogen) atoms. The number of likely N-dealkylation sites (N-methyl/N-ethyl adjacent to an activating group) is 1. The van der Waals surface area contributed by atoms with Gasteiger partial charge in [-0.3, -0.25) is 9.69 Å². The second kappa shape index (κ2) is 12.5. The Bertz CT molecular complexity index is 1860. The van der Waals surface area contributed by atoms with E-state index in [9.17, 15) is 4.79 Å². The molecule has 4 heterocycles. The van der Waals surface area contributed by atoms with Crippen LogP contribution in [0.3, 0.4) is 0 Å². The number of benzene rings is 2. The molecule has 0 saturated carbocycles. The SMILES string of the molecule is CCn1cc(-c2nc(SCc3nnc(-c4cccc(C)c4)o3)n(CN(C)C)n2)c(=O)c2cc(F)c(N3CCN(C)CC3)cc21. The van der Waals surface area contributed by atoms with E-state index in [0.29, 0.717) is 58.1 Å². The van der Waals surface area contributed by atoms with Crippen LogP contribution in [0.1, 0.15) is 18.4 Å². The van der Waals surface area contributed by atoms with Crippen LogP contribution in [0.15, 0.2) is 57.0 Å². The van der Waals surface area contributed by atoms with E-state index in [0.717, 1.165) is 37.3 Å². The lowest BCUT2D eigenvalue weighted by atomic mass is 10.1. The predicted octanol–water partition coefficient (Wildman–Crippen LogP) is 4.34. The lowest BCUT2D eigenvalue weighted by molar-refractivity contribution is 0.292. The molecule has 0 amide bonds. The van der Waals surface area contributed by atoms with Gasteiger partial charge in [0.05, 0.1) is 29.2 Å². The van der Waals surface area contributed by atoms with Crippen LogP contribution in [0, 0.1) is 12.7 Å². The van der Waals surface area contributed by atoms with Gasteiger partial charge in [-0.2, -0.15) is 0 Å². The van der Waals surface area contributed by atoms with Crippen LogP contribution in [0.25, 0.3) is 33.7 Å². The normalized spacial score (nSPS) is 14.3. The van der Waals surface area contributed by atoms with Crippen molar-refractivity contribution in [3.63, 3.8) is 0 Å². The Morgan fingerprint density at radius 3 is 2.61 bits per heavy atom. The minimum Gasteiger partial charge on any atom is -0.420 e. The third kappa shape index (κ3) is 6.12. The number of pyridine rings is 1. The van der Waals surface area contributed by atoms with Crippen molar-refractivity contribution in [2.24, 2.45) is 0 Å². The van der Waals surface area contributed by atoms with E-state index in [1.807, 2.05) is 66.6 Å². The number of aromatic nitrogens is 6. The maximum Gasteiger partial charge on any atom is 0.247 e. The lowest BCUT2D eigenvalue weighted by Crippen LogP contribution is -2.44. The Balaban J connectivity index is 1.32. The fourth-order valence-corrected chi connectivity index (χ4v) is 6.12. The third-order valence-electron chi connectivity index (χ3n) is 7.69. The molecule has 1 aliphatic heterocycles. The van der Waals surface area contributed by atoms with E-state index in [4.69, 9.17) is 14.5 Å². The third-order valence-corrected chi connectivity index (χ3v) is 8.64. The molecule has 0 N–H and O–H groups in total. The molecule has 0 aliphatic carbocycles. The number of halogens is 1. The number of hydrogen-bond acceptors (Lipinski definition) is 10. The van der Waals surface area contributed by atoms with Crippen molar-refractivity contribution in [3.8, 4) is 22.8 Å². The molecule has 0 atom stereocenters. The number of aryl methyl sites for hydroxylation is 2. The maximum absolute atomic E-state index is 15.5. The van der Waals surface area contributed by atoms with E-state index in [1.165, 1.54) is 17.8 Å². The van der Waals surface area contributed by atoms with Gasteiger partial charge in [-0.15, -0.1) is 15.3 Å². The highest BCUT2D eigenvalue weighted by atomic mass is 32.2. The van der Waals surface area contributed by atoms with E-state index in [-0.39, 0.29) is 11.3 Å². The van der Waals surface area contributed by atoms with Crippen molar-refractivity contribution in [3.05, 3.63) is 70.1 Å². The minimum atomic E-state index is -0.397. The molecule has 0 bridgehead atoms. The summed E-state index contributed by atoms with van der Waals surface area (Å²) < 4.78 is 25.1. The molecular weight excluding hydrogens is 581 g/mol. The number of nitrogens with zero attached hydrogens (tertiary/aromatic N) is 9. The Morgan fingerprint density at radius 1 is 1.09 bits per heavy atom. The molecule has 5 aromatic rings. The number of hydrogen-bond donors (Lipinski definition) is 0. The summed E-state index contributed by atoms with van der Waals surface area (Å²) in [5.74, 6) is 1.18. The highest BCUT2D eigenvalue weighted by Crippen LogP contribution is 2.29. The van der Waals surface area contributed by atoms with E-state index < -0.39 is 5.82 Å². The summed E-state index contributed by atoms with van der Waals surface area (Å²) in [5, 5.41) is 14.1. The van der Waals surface area contributed by atoms with Gasteiger partial charge in [-0.1, -0.05) is 29.5 Å². The molecule has 1 aliphatic rings. The van der Waals surface area contributed by atoms with Crippen molar-refractivity contribution in [2.45, 2.75) is 38.0 Å². The molecule has 2 aromatic carbocycles. The Kier molecular flexibility index (Phi) is 8.52. The van der Waals surface area contributed by atoms with Gasteiger partial charge in [0.2, 0.25) is 17.2 Å². The first-order valence-corrected chi connectivity index (χ1v) is 15.6. The van der Waals surface area contributed by atoms with Gasteiger partial charge in [0.1, 0.15) is 5.82 Å². The first kappa shape index (κ1) is 30.0. The van der Waals surface area contributed by atoms with E-state index >= 15 is 4.39 Å². The Labute approximate surface area is 259 Å². The zero-order chi connectivity index (χ0) is 31.0. The quantitative estimate of drug-likeness (QED) is 0.222. The van der Waals surface area contributed by atoms with Crippen LogP contribution < -0.4 is 10.3 Å². The molecule has 0 unspecified atom stereocenters. The zero-order valence-corrected chi connectivity index (χ0v) is 26.4. The smallest absolute Gasteiger partial charge is 0.247 e. The highest BCUT2D eigenvalue weighted by Gasteiger charge is 2.23. The maximum atomic E-state index is 15.5. The first-order valence-electron chi connectivity index (χ1n) is 14.6. The minimum absolute atomic E-state index is 0.290. The van der Waals surface area contributed by atoms with Gasteiger partial charge in [-0.25, -0.2) is 14.1 Å². The average Bonchev–Trinajstić information content (AvgIpc) is 3.64. The molecule has 1 fully saturated rings. The number of fused-ring (bicyclic) bond motifs is 1. The standard InChI is InChI=1S/C31H36FN9O2S/c1-6-39-17-23(28(42)22-15-24(32)26(16-25(22)39)40-12-10-38(5)11-13-40)29-33-31(41(36-29)19-37(3)4)44-18-27-34-35-30(43-27)21-9-7-8-20(2)14-21/h7-9,14-17H,6,10-13,18-19H2,1-5H3. The van der Waals surface area contributed by atoms with Crippen LogP contribution in [-0.2, 0) is 19.0 Å². The highest BCUT2D eigenvalue weighted by molar-refractivity contribution is 7.98. The summed E-state index contributed by atoms with van der Waals surface area (Å²) in [4.78, 5) is 24.8. The molecule has 0 spiro atoms.